The van der Waals surface area contributed by atoms with Crippen molar-refractivity contribution in [2.75, 3.05) is 0 Å². The molecule has 5 heteroatoms. The largest absolute Gasteiger partial charge is 0.294 e. The van der Waals surface area contributed by atoms with E-state index >= 15 is 0 Å². The SMILES string of the molecule is CCC(=O)c1cc(Cl)nn2ccnc12. The standard InChI is InChI=1S/C9H8ClN3O/c1-2-7(14)6-5-8(10)12-13-4-3-11-9(6)13/h3-5H,2H2,1H3. The summed E-state index contributed by atoms with van der Waals surface area (Å²) in [7, 11) is 0. The van der Waals surface area contributed by atoms with E-state index in [9.17, 15) is 4.79 Å². The number of carbonyl (C=O) groups is 1. The Balaban J connectivity index is 2.72. The van der Waals surface area contributed by atoms with Gasteiger partial charge in [0.2, 0.25) is 0 Å². The average Bonchev–Trinajstić information content (AvgIpc) is 2.62. The lowest BCUT2D eigenvalue weighted by Gasteiger charge is -2.00. The molecule has 0 spiro atoms. The summed E-state index contributed by atoms with van der Waals surface area (Å²) in [5.41, 5.74) is 1.08. The van der Waals surface area contributed by atoms with Crippen LogP contribution in [-0.4, -0.2) is 20.4 Å². The molecule has 0 unspecified atom stereocenters. The molecule has 0 aliphatic carbocycles. The van der Waals surface area contributed by atoms with Crippen molar-refractivity contribution >= 4 is 23.0 Å². The number of nitrogens with zero attached hydrogens (tertiary/aromatic N) is 3. The first-order valence-electron chi connectivity index (χ1n) is 4.25. The molecule has 2 aromatic rings. The molecule has 0 atom stereocenters. The van der Waals surface area contributed by atoms with Crippen molar-refractivity contribution in [2.24, 2.45) is 0 Å². The first-order valence-corrected chi connectivity index (χ1v) is 4.63. The van der Waals surface area contributed by atoms with E-state index in [0.717, 1.165) is 0 Å². The van der Waals surface area contributed by atoms with Gasteiger partial charge in [0, 0.05) is 18.8 Å². The second-order valence-electron chi connectivity index (χ2n) is 2.85. The molecule has 0 bridgehead atoms. The number of ketones is 1. The molecule has 0 aromatic carbocycles. The zero-order chi connectivity index (χ0) is 10.1. The van der Waals surface area contributed by atoms with Gasteiger partial charge in [-0.05, 0) is 6.07 Å². The summed E-state index contributed by atoms with van der Waals surface area (Å²) in [6, 6.07) is 1.55. The maximum Gasteiger partial charge on any atom is 0.166 e. The number of aromatic nitrogens is 3. The molecule has 0 amide bonds. The molecule has 0 aliphatic heterocycles. The lowest BCUT2D eigenvalue weighted by Crippen LogP contribution is -2.03. The Morgan fingerprint density at radius 3 is 3.14 bits per heavy atom. The number of fused-ring (bicyclic) bond motifs is 1. The van der Waals surface area contributed by atoms with Crippen LogP contribution in [0, 0.1) is 0 Å². The Hall–Kier alpha value is -1.42. The van der Waals surface area contributed by atoms with Gasteiger partial charge in [-0.3, -0.25) is 4.79 Å². The molecule has 0 N–H and O–H groups in total. The number of carbonyl (C=O) groups excluding carboxylic acids is 1. The van der Waals surface area contributed by atoms with Crippen molar-refractivity contribution in [1.82, 2.24) is 14.6 Å². The summed E-state index contributed by atoms with van der Waals surface area (Å²) in [6.07, 6.45) is 3.68. The highest BCUT2D eigenvalue weighted by atomic mass is 35.5. The Labute approximate surface area is 85.5 Å². The van der Waals surface area contributed by atoms with Crippen molar-refractivity contribution < 1.29 is 4.79 Å². The first kappa shape index (κ1) is 9.15. The number of rotatable bonds is 2. The van der Waals surface area contributed by atoms with Gasteiger partial charge in [0.1, 0.15) is 0 Å². The lowest BCUT2D eigenvalue weighted by molar-refractivity contribution is 0.0989. The Bertz CT molecular complexity index is 492. The maximum absolute atomic E-state index is 11.5. The third kappa shape index (κ3) is 1.37. The number of Topliss-reactive ketones (excluding diaryl/α,β-unsaturated/α-hetero) is 1. The van der Waals surface area contributed by atoms with Gasteiger partial charge in [0.15, 0.2) is 16.6 Å². The van der Waals surface area contributed by atoms with Crippen LogP contribution in [0.15, 0.2) is 18.5 Å². The molecule has 2 rings (SSSR count). The minimum Gasteiger partial charge on any atom is -0.294 e. The summed E-state index contributed by atoms with van der Waals surface area (Å²) >= 11 is 5.77. The Kier molecular flexibility index (Phi) is 2.21. The quantitative estimate of drug-likeness (QED) is 0.711. The minimum atomic E-state index is 0.0190. The highest BCUT2D eigenvalue weighted by Gasteiger charge is 2.11. The Morgan fingerprint density at radius 1 is 1.64 bits per heavy atom. The van der Waals surface area contributed by atoms with E-state index in [1.807, 2.05) is 0 Å². The van der Waals surface area contributed by atoms with Gasteiger partial charge >= 0.3 is 0 Å². The third-order valence-electron chi connectivity index (χ3n) is 1.95. The molecule has 2 aromatic heterocycles. The second kappa shape index (κ2) is 3.38. The van der Waals surface area contributed by atoms with Crippen LogP contribution in [-0.2, 0) is 0 Å². The summed E-state index contributed by atoms with van der Waals surface area (Å²) < 4.78 is 1.51. The van der Waals surface area contributed by atoms with Gasteiger partial charge in [-0.25, -0.2) is 9.50 Å². The minimum absolute atomic E-state index is 0.0190. The van der Waals surface area contributed by atoms with Gasteiger partial charge in [-0.1, -0.05) is 18.5 Å². The number of imidazole rings is 1. The maximum atomic E-state index is 11.5. The predicted molar refractivity (Wildman–Crippen MR) is 52.6 cm³/mol. The van der Waals surface area contributed by atoms with Gasteiger partial charge in [0.25, 0.3) is 0 Å². The first-order chi connectivity index (χ1) is 6.72. The van der Waals surface area contributed by atoms with Gasteiger partial charge < -0.3 is 0 Å². The number of halogens is 1. The number of hydrogen-bond acceptors (Lipinski definition) is 3. The molecule has 0 aliphatic rings. The van der Waals surface area contributed by atoms with E-state index < -0.39 is 0 Å². The summed E-state index contributed by atoms with van der Waals surface area (Å²) in [5, 5.41) is 4.28. The fourth-order valence-corrected chi connectivity index (χ4v) is 1.47. The molecule has 2 heterocycles. The summed E-state index contributed by atoms with van der Waals surface area (Å²) in [5.74, 6) is 0.0190. The van der Waals surface area contributed by atoms with Crippen LogP contribution in [0.4, 0.5) is 0 Å². The average molecular weight is 210 g/mol. The van der Waals surface area contributed by atoms with Crippen molar-refractivity contribution in [2.45, 2.75) is 13.3 Å². The van der Waals surface area contributed by atoms with Crippen LogP contribution in [0.2, 0.25) is 5.15 Å². The monoisotopic (exact) mass is 209 g/mol. The second-order valence-corrected chi connectivity index (χ2v) is 3.24. The van der Waals surface area contributed by atoms with E-state index in [4.69, 9.17) is 11.6 Å². The van der Waals surface area contributed by atoms with Crippen LogP contribution in [0.3, 0.4) is 0 Å². The van der Waals surface area contributed by atoms with Crippen molar-refractivity contribution in [1.29, 1.82) is 0 Å². The highest BCUT2D eigenvalue weighted by molar-refractivity contribution is 6.29. The van der Waals surface area contributed by atoms with Crippen molar-refractivity contribution in [3.05, 3.63) is 29.2 Å². The van der Waals surface area contributed by atoms with E-state index in [0.29, 0.717) is 22.8 Å². The van der Waals surface area contributed by atoms with Gasteiger partial charge in [-0.2, -0.15) is 5.10 Å². The molecule has 0 fully saturated rings. The topological polar surface area (TPSA) is 47.3 Å². The smallest absolute Gasteiger partial charge is 0.166 e. The lowest BCUT2D eigenvalue weighted by atomic mass is 10.1. The molecule has 14 heavy (non-hydrogen) atoms. The summed E-state index contributed by atoms with van der Waals surface area (Å²) in [4.78, 5) is 15.6. The molecule has 72 valence electrons. The van der Waals surface area contributed by atoms with Crippen molar-refractivity contribution in [3.8, 4) is 0 Å². The zero-order valence-electron chi connectivity index (χ0n) is 7.57. The third-order valence-corrected chi connectivity index (χ3v) is 2.14. The van der Waals surface area contributed by atoms with Crippen molar-refractivity contribution in [3.63, 3.8) is 0 Å². The zero-order valence-corrected chi connectivity index (χ0v) is 8.32. The fraction of sp³-hybridized carbons (Fsp3) is 0.222. The fourth-order valence-electron chi connectivity index (χ4n) is 1.28. The summed E-state index contributed by atoms with van der Waals surface area (Å²) in [6.45, 7) is 1.80. The molecule has 0 saturated carbocycles. The van der Waals surface area contributed by atoms with Crippen LogP contribution < -0.4 is 0 Å². The van der Waals surface area contributed by atoms with Gasteiger partial charge in [-0.15, -0.1) is 0 Å². The molecule has 0 radical (unpaired) electrons. The molecular weight excluding hydrogens is 202 g/mol. The van der Waals surface area contributed by atoms with Crippen LogP contribution in [0.5, 0.6) is 0 Å². The Morgan fingerprint density at radius 2 is 2.43 bits per heavy atom. The number of hydrogen-bond donors (Lipinski definition) is 0. The highest BCUT2D eigenvalue weighted by Crippen LogP contribution is 2.14. The predicted octanol–water partition coefficient (Wildman–Crippen LogP) is 1.98. The van der Waals surface area contributed by atoms with E-state index in [2.05, 4.69) is 10.1 Å². The molecule has 0 saturated heterocycles. The van der Waals surface area contributed by atoms with Crippen LogP contribution >= 0.6 is 11.6 Å². The van der Waals surface area contributed by atoms with Crippen LogP contribution in [0.1, 0.15) is 23.7 Å². The van der Waals surface area contributed by atoms with E-state index in [1.54, 1.807) is 25.4 Å². The normalized spacial score (nSPS) is 10.7. The van der Waals surface area contributed by atoms with Crippen LogP contribution in [0.25, 0.3) is 5.65 Å². The van der Waals surface area contributed by atoms with E-state index in [1.165, 1.54) is 4.52 Å². The molecule has 4 nitrogen and oxygen atoms in total. The van der Waals surface area contributed by atoms with E-state index in [-0.39, 0.29) is 5.78 Å². The molecular formula is C9H8ClN3O. The van der Waals surface area contributed by atoms with Gasteiger partial charge in [0.05, 0.1) is 5.56 Å².